The van der Waals surface area contributed by atoms with E-state index in [0.717, 1.165) is 16.0 Å². The molecule has 1 aliphatic heterocycles. The number of ether oxygens (including phenoxy) is 1. The molecule has 3 rings (SSSR count). The summed E-state index contributed by atoms with van der Waals surface area (Å²) in [5.74, 6) is 0.474. The van der Waals surface area contributed by atoms with Gasteiger partial charge in [0.2, 0.25) is 5.91 Å². The lowest BCUT2D eigenvalue weighted by molar-refractivity contribution is -0.132. The van der Waals surface area contributed by atoms with Crippen LogP contribution in [0.3, 0.4) is 0 Å². The Labute approximate surface area is 168 Å². The largest absolute Gasteiger partial charge is 0.497 e. The molecule has 0 aliphatic carbocycles. The van der Waals surface area contributed by atoms with Gasteiger partial charge in [0, 0.05) is 44.6 Å². The molecule has 29 heavy (non-hydrogen) atoms. The van der Waals surface area contributed by atoms with Crippen LogP contribution in [0.2, 0.25) is 0 Å². The van der Waals surface area contributed by atoms with E-state index in [-0.39, 0.29) is 18.0 Å². The molecule has 0 spiro atoms. The number of carbonyl (C=O) groups excluding carboxylic acids is 1. The topological polar surface area (TPSA) is 101 Å². The van der Waals surface area contributed by atoms with Gasteiger partial charge in [-0.1, -0.05) is 0 Å². The average Bonchev–Trinajstić information content (AvgIpc) is 2.77. The van der Waals surface area contributed by atoms with Crippen molar-refractivity contribution in [3.05, 3.63) is 56.9 Å². The van der Waals surface area contributed by atoms with Crippen LogP contribution in [0.5, 0.6) is 5.75 Å². The number of rotatable bonds is 5. The van der Waals surface area contributed by atoms with Crippen molar-refractivity contribution < 1.29 is 9.53 Å². The first-order chi connectivity index (χ1) is 14.0. The monoisotopic (exact) mass is 397 g/mol. The molecule has 152 valence electrons. The van der Waals surface area contributed by atoms with E-state index < -0.39 is 11.2 Å². The summed E-state index contributed by atoms with van der Waals surface area (Å²) < 4.78 is 7.27. The normalized spacial score (nSPS) is 13.8. The second kappa shape index (κ2) is 8.65. The van der Waals surface area contributed by atoms with Gasteiger partial charge in [0.05, 0.1) is 7.11 Å². The number of methoxy groups -OCH3 is 1. The van der Waals surface area contributed by atoms with Crippen LogP contribution in [0, 0.1) is 11.3 Å². The van der Waals surface area contributed by atoms with Crippen molar-refractivity contribution in [2.24, 2.45) is 0 Å². The molecule has 2 aromatic rings. The first-order valence-electron chi connectivity index (χ1n) is 9.39. The van der Waals surface area contributed by atoms with Crippen molar-refractivity contribution in [3.63, 3.8) is 0 Å². The van der Waals surface area contributed by atoms with Gasteiger partial charge >= 0.3 is 5.69 Å². The minimum Gasteiger partial charge on any atom is -0.497 e. The van der Waals surface area contributed by atoms with Gasteiger partial charge in [0.1, 0.15) is 23.9 Å². The maximum Gasteiger partial charge on any atom is 0.331 e. The molecular formula is C20H23N5O4. The lowest BCUT2D eigenvalue weighted by Crippen LogP contribution is -2.51. The Kier molecular flexibility index (Phi) is 6.02. The summed E-state index contributed by atoms with van der Waals surface area (Å²) in [5, 5.41) is 9.12. The van der Waals surface area contributed by atoms with Gasteiger partial charge in [-0.2, -0.15) is 5.26 Å². The average molecular weight is 397 g/mol. The van der Waals surface area contributed by atoms with E-state index in [0.29, 0.717) is 32.7 Å². The highest BCUT2D eigenvalue weighted by Gasteiger charge is 2.23. The molecule has 1 aromatic carbocycles. The summed E-state index contributed by atoms with van der Waals surface area (Å²) >= 11 is 0. The van der Waals surface area contributed by atoms with Gasteiger partial charge in [0.25, 0.3) is 5.56 Å². The number of hydrogen-bond donors (Lipinski definition) is 0. The van der Waals surface area contributed by atoms with E-state index in [4.69, 9.17) is 10.00 Å². The van der Waals surface area contributed by atoms with Crippen LogP contribution in [0.4, 0.5) is 5.69 Å². The van der Waals surface area contributed by atoms with Crippen LogP contribution in [-0.4, -0.2) is 53.2 Å². The molecule has 1 fully saturated rings. The molecule has 0 unspecified atom stereocenters. The molecule has 1 amide bonds. The van der Waals surface area contributed by atoms with Gasteiger partial charge in [-0.05, 0) is 31.2 Å². The van der Waals surface area contributed by atoms with E-state index in [1.807, 2.05) is 24.3 Å². The van der Waals surface area contributed by atoms with E-state index in [9.17, 15) is 14.4 Å². The summed E-state index contributed by atoms with van der Waals surface area (Å²) in [4.78, 5) is 41.3. The summed E-state index contributed by atoms with van der Waals surface area (Å²) in [6, 6.07) is 9.50. The Hall–Kier alpha value is -3.54. The van der Waals surface area contributed by atoms with Crippen molar-refractivity contribution in [3.8, 4) is 11.8 Å². The van der Waals surface area contributed by atoms with Crippen LogP contribution >= 0.6 is 0 Å². The number of nitriles is 1. The van der Waals surface area contributed by atoms with Gasteiger partial charge in [-0.25, -0.2) is 9.36 Å². The fourth-order valence-electron chi connectivity index (χ4n) is 3.34. The number of benzene rings is 1. The van der Waals surface area contributed by atoms with Gasteiger partial charge in [-0.3, -0.25) is 14.2 Å². The number of piperazine rings is 1. The van der Waals surface area contributed by atoms with Crippen LogP contribution < -0.4 is 20.9 Å². The molecule has 1 aromatic heterocycles. The predicted octanol–water partition coefficient (Wildman–Crippen LogP) is 0.259. The number of amides is 1. The molecular weight excluding hydrogens is 374 g/mol. The molecule has 0 saturated carbocycles. The quantitative estimate of drug-likeness (QED) is 0.717. The van der Waals surface area contributed by atoms with E-state index in [2.05, 4.69) is 4.90 Å². The van der Waals surface area contributed by atoms with Crippen LogP contribution in [0.1, 0.15) is 12.5 Å². The zero-order valence-corrected chi connectivity index (χ0v) is 16.5. The Balaban J connectivity index is 1.70. The highest BCUT2D eigenvalue weighted by Crippen LogP contribution is 2.20. The minimum absolute atomic E-state index is 0.149. The zero-order valence-electron chi connectivity index (χ0n) is 16.5. The number of hydrogen-bond acceptors (Lipinski definition) is 6. The first-order valence-corrected chi connectivity index (χ1v) is 9.39. The minimum atomic E-state index is -0.729. The Morgan fingerprint density at radius 3 is 2.34 bits per heavy atom. The molecule has 1 aliphatic rings. The van der Waals surface area contributed by atoms with Crippen molar-refractivity contribution in [2.75, 3.05) is 38.2 Å². The van der Waals surface area contributed by atoms with Crippen molar-refractivity contribution in [1.82, 2.24) is 14.0 Å². The third-order valence-electron chi connectivity index (χ3n) is 5.06. The number of carbonyl (C=O) groups is 1. The van der Waals surface area contributed by atoms with Gasteiger partial charge < -0.3 is 14.5 Å². The smallest absolute Gasteiger partial charge is 0.331 e. The molecule has 9 heteroatoms. The second-order valence-electron chi connectivity index (χ2n) is 6.68. The molecule has 1 saturated heterocycles. The Morgan fingerprint density at radius 2 is 1.79 bits per heavy atom. The third kappa shape index (κ3) is 4.16. The Bertz CT molecular complexity index is 1040. The fraction of sp³-hybridized carbons (Fsp3) is 0.400. The SMILES string of the molecule is CCn1cc(C#N)c(=O)n(CC(=O)N2CCN(c3ccc(OC)cc3)CC2)c1=O. The molecule has 9 nitrogen and oxygen atoms in total. The highest BCUT2D eigenvalue weighted by atomic mass is 16.5. The van der Waals surface area contributed by atoms with Crippen molar-refractivity contribution >= 4 is 11.6 Å². The van der Waals surface area contributed by atoms with Crippen LogP contribution in [0.25, 0.3) is 0 Å². The summed E-state index contributed by atoms with van der Waals surface area (Å²) in [7, 11) is 1.62. The van der Waals surface area contributed by atoms with Gasteiger partial charge in [-0.15, -0.1) is 0 Å². The van der Waals surface area contributed by atoms with E-state index in [1.54, 1.807) is 25.0 Å². The maximum atomic E-state index is 12.7. The van der Waals surface area contributed by atoms with Crippen LogP contribution in [-0.2, 0) is 17.9 Å². The number of aromatic nitrogens is 2. The summed E-state index contributed by atoms with van der Waals surface area (Å²) in [6.07, 6.45) is 1.24. The number of anilines is 1. The lowest BCUT2D eigenvalue weighted by atomic mass is 10.2. The van der Waals surface area contributed by atoms with E-state index in [1.165, 1.54) is 10.8 Å². The molecule has 2 heterocycles. The fourth-order valence-corrected chi connectivity index (χ4v) is 3.34. The highest BCUT2D eigenvalue weighted by molar-refractivity contribution is 5.76. The predicted molar refractivity (Wildman–Crippen MR) is 107 cm³/mol. The zero-order chi connectivity index (χ0) is 21.0. The Morgan fingerprint density at radius 1 is 1.14 bits per heavy atom. The number of nitrogens with zero attached hydrogens (tertiary/aromatic N) is 5. The summed E-state index contributed by atoms with van der Waals surface area (Å²) in [6.45, 7) is 3.93. The molecule has 0 atom stereocenters. The standard InChI is InChI=1S/C20H23N5O4/c1-3-22-13-15(12-21)19(27)25(20(22)28)14-18(26)24-10-8-23(9-11-24)16-4-6-17(29-2)7-5-16/h4-7,13H,3,8-11,14H2,1-2H3. The van der Waals surface area contributed by atoms with Crippen molar-refractivity contribution in [1.29, 1.82) is 5.26 Å². The third-order valence-corrected chi connectivity index (χ3v) is 5.06. The lowest BCUT2D eigenvalue weighted by Gasteiger charge is -2.36. The number of aryl methyl sites for hydroxylation is 1. The maximum absolute atomic E-state index is 12.7. The molecule has 0 radical (unpaired) electrons. The molecule has 0 bridgehead atoms. The van der Waals surface area contributed by atoms with Crippen LogP contribution in [0.15, 0.2) is 40.1 Å². The first kappa shape index (κ1) is 20.2. The molecule has 0 N–H and O–H groups in total. The van der Waals surface area contributed by atoms with Crippen molar-refractivity contribution in [2.45, 2.75) is 20.0 Å². The summed E-state index contributed by atoms with van der Waals surface area (Å²) in [5.41, 5.74) is -0.417. The second-order valence-corrected chi connectivity index (χ2v) is 6.68. The van der Waals surface area contributed by atoms with Gasteiger partial charge in [0.15, 0.2) is 0 Å². The van der Waals surface area contributed by atoms with E-state index >= 15 is 0 Å².